The van der Waals surface area contributed by atoms with Gasteiger partial charge < -0.3 is 14.6 Å². The molecule has 3 unspecified atom stereocenters. The number of hydrogen-bond donors (Lipinski definition) is 2. The minimum Gasteiger partial charge on any atom is -0.414 e. The molecule has 0 aliphatic heterocycles. The van der Waals surface area contributed by atoms with Crippen molar-refractivity contribution < 1.29 is 14.6 Å². The lowest BCUT2D eigenvalue weighted by atomic mass is 9.49. The molecule has 0 aromatic carbocycles. The van der Waals surface area contributed by atoms with E-state index in [-0.39, 0.29) is 47.0 Å². The van der Waals surface area contributed by atoms with Crippen molar-refractivity contribution in [3.63, 3.8) is 0 Å². The van der Waals surface area contributed by atoms with Gasteiger partial charge in [0.1, 0.15) is 4.49 Å². The second-order valence-corrected chi connectivity index (χ2v) is 18.7. The maximum absolute atomic E-state index is 10.6. The quantitative estimate of drug-likeness (QED) is 0.386. The summed E-state index contributed by atoms with van der Waals surface area (Å²) in [5, 5.41) is 21.3. The van der Waals surface area contributed by atoms with Crippen molar-refractivity contribution in [2.24, 2.45) is 34.5 Å². The fourth-order valence-electron chi connectivity index (χ4n) is 7.34. The van der Waals surface area contributed by atoms with Crippen LogP contribution in [0.4, 0.5) is 0 Å². The van der Waals surface area contributed by atoms with E-state index >= 15 is 0 Å². The lowest BCUT2D eigenvalue weighted by Crippen LogP contribution is -2.53. The monoisotopic (exact) mass is 504 g/mol. The molecule has 0 bridgehead atoms. The van der Waals surface area contributed by atoms with Crippen molar-refractivity contribution in [3.05, 3.63) is 10.1 Å². The molecule has 3 nitrogen and oxygen atoms in total. The fraction of sp³-hybridized carbons (Fsp3) is 0.923. The first-order valence-electron chi connectivity index (χ1n) is 12.7. The molecule has 0 aromatic rings. The molecule has 2 N–H and O–H groups in total. The molecule has 3 aliphatic carbocycles. The first-order chi connectivity index (χ1) is 14.7. The lowest BCUT2D eigenvalue weighted by Gasteiger charge is -2.57. The maximum atomic E-state index is 10.6. The second-order valence-electron chi connectivity index (χ2n) is 13.0. The highest BCUT2D eigenvalue weighted by molar-refractivity contribution is 6.74. The molecule has 0 saturated heterocycles. The summed E-state index contributed by atoms with van der Waals surface area (Å²) in [4.78, 5) is 0. The van der Waals surface area contributed by atoms with Crippen LogP contribution in [-0.4, -0.2) is 37.8 Å². The summed E-state index contributed by atoms with van der Waals surface area (Å²) in [7, 11) is -1.84. The van der Waals surface area contributed by atoms with Gasteiger partial charge in [-0.05, 0) is 103 Å². The molecular weight excluding hydrogens is 459 g/mol. The zero-order chi connectivity index (χ0) is 24.1. The van der Waals surface area contributed by atoms with E-state index < -0.39 is 8.32 Å². The van der Waals surface area contributed by atoms with Crippen molar-refractivity contribution in [1.82, 2.24) is 0 Å². The van der Waals surface area contributed by atoms with Crippen LogP contribution < -0.4 is 0 Å². The zero-order valence-corrected chi connectivity index (χ0v) is 23.8. The molecule has 6 heteroatoms. The van der Waals surface area contributed by atoms with Gasteiger partial charge in [0.05, 0.1) is 0 Å². The van der Waals surface area contributed by atoms with Crippen molar-refractivity contribution in [1.29, 1.82) is 0 Å². The third kappa shape index (κ3) is 4.63. The topological polar surface area (TPSA) is 49.7 Å². The number of rotatable bonds is 5. The summed E-state index contributed by atoms with van der Waals surface area (Å²) in [5.74, 6) is 1.26. The summed E-state index contributed by atoms with van der Waals surface area (Å²) < 4.78 is 7.22. The standard InChI is InChI=1S/C26H46Cl2O3Si/c1-24(2,3)32(6,7)31-18-10-12-25(4,17(14-18)15-29)21-11-13-26(5)20(19(21)16-30)8-9-22(26)23(27)28/h17-21,29-30H,8-16H2,1-7H3/t17-,18?,19+,20?,21?,25+,26+/m1/s1. The van der Waals surface area contributed by atoms with E-state index in [1.54, 1.807) is 0 Å². The normalized spacial score (nSPS) is 41.0. The van der Waals surface area contributed by atoms with E-state index in [0.717, 1.165) is 44.9 Å². The highest BCUT2D eigenvalue weighted by atomic mass is 35.5. The van der Waals surface area contributed by atoms with Crippen molar-refractivity contribution in [3.8, 4) is 0 Å². The highest BCUT2D eigenvalue weighted by Gasteiger charge is 2.57. The Bertz CT molecular complexity index is 714. The number of aliphatic hydroxyl groups is 2. The van der Waals surface area contributed by atoms with Gasteiger partial charge in [0.2, 0.25) is 0 Å². The molecule has 3 rings (SSSR count). The molecule has 0 aromatic heterocycles. The van der Waals surface area contributed by atoms with Crippen LogP contribution in [0.15, 0.2) is 10.1 Å². The van der Waals surface area contributed by atoms with Crippen LogP contribution in [0.3, 0.4) is 0 Å². The Morgan fingerprint density at radius 2 is 1.69 bits per heavy atom. The van der Waals surface area contributed by atoms with E-state index in [1.807, 2.05) is 0 Å². The SMILES string of the molecule is CC(C)(C)[Si](C)(C)OC1CC[C@](C)(C2CC[C@]3(C)C(=C(Cl)Cl)CCC3[C@@H]2CO)[C@@H](CO)C1. The highest BCUT2D eigenvalue weighted by Crippen LogP contribution is 2.64. The molecule has 3 fully saturated rings. The molecule has 186 valence electrons. The van der Waals surface area contributed by atoms with Crippen LogP contribution in [0, 0.1) is 34.5 Å². The Balaban J connectivity index is 1.81. The predicted molar refractivity (Wildman–Crippen MR) is 137 cm³/mol. The van der Waals surface area contributed by atoms with E-state index in [9.17, 15) is 10.2 Å². The minimum absolute atomic E-state index is 0.00352. The van der Waals surface area contributed by atoms with Crippen LogP contribution in [0.25, 0.3) is 0 Å². The van der Waals surface area contributed by atoms with E-state index in [0.29, 0.717) is 16.3 Å². The summed E-state index contributed by atoms with van der Waals surface area (Å²) in [6.45, 7) is 16.6. The Kier molecular flexibility index (Phi) is 7.99. The van der Waals surface area contributed by atoms with Crippen LogP contribution in [0.1, 0.15) is 79.6 Å². The Hall–Kier alpha value is 0.417. The van der Waals surface area contributed by atoms with E-state index in [2.05, 4.69) is 47.7 Å². The summed E-state index contributed by atoms with van der Waals surface area (Å²) in [6.07, 6.45) is 7.38. The van der Waals surface area contributed by atoms with E-state index in [1.165, 1.54) is 5.57 Å². The van der Waals surface area contributed by atoms with Crippen molar-refractivity contribution >= 4 is 31.5 Å². The zero-order valence-electron chi connectivity index (χ0n) is 21.3. The van der Waals surface area contributed by atoms with Gasteiger partial charge in [-0.15, -0.1) is 0 Å². The summed E-state index contributed by atoms with van der Waals surface area (Å²) in [6, 6.07) is 0. The van der Waals surface area contributed by atoms with Gasteiger partial charge in [-0.1, -0.05) is 57.8 Å². The fourth-order valence-corrected chi connectivity index (χ4v) is 9.36. The Morgan fingerprint density at radius 3 is 2.22 bits per heavy atom. The number of hydrogen-bond acceptors (Lipinski definition) is 3. The maximum Gasteiger partial charge on any atom is 0.192 e. The van der Waals surface area contributed by atoms with Gasteiger partial charge in [0.15, 0.2) is 8.32 Å². The minimum atomic E-state index is -1.84. The first kappa shape index (κ1) is 27.0. The smallest absolute Gasteiger partial charge is 0.192 e. The third-order valence-electron chi connectivity index (χ3n) is 10.5. The van der Waals surface area contributed by atoms with E-state index in [4.69, 9.17) is 27.6 Å². The number of fused-ring (bicyclic) bond motifs is 1. The average Bonchev–Trinajstić information content (AvgIpc) is 3.05. The van der Waals surface area contributed by atoms with Crippen LogP contribution in [0.2, 0.25) is 18.1 Å². The molecule has 0 heterocycles. The number of allylic oxidation sites excluding steroid dienone is 1. The van der Waals surface area contributed by atoms with Crippen LogP contribution in [0.5, 0.6) is 0 Å². The summed E-state index contributed by atoms with van der Waals surface area (Å²) in [5.41, 5.74) is 1.21. The molecule has 0 spiro atoms. The average molecular weight is 506 g/mol. The molecule has 7 atom stereocenters. The predicted octanol–water partition coefficient (Wildman–Crippen LogP) is 7.30. The van der Waals surface area contributed by atoms with Crippen LogP contribution >= 0.6 is 23.2 Å². The van der Waals surface area contributed by atoms with Gasteiger partial charge in [-0.25, -0.2) is 0 Å². The molecule has 32 heavy (non-hydrogen) atoms. The molecule has 0 amide bonds. The molecular formula is C26H46Cl2O3Si. The van der Waals surface area contributed by atoms with Gasteiger partial charge >= 0.3 is 0 Å². The third-order valence-corrected chi connectivity index (χ3v) is 15.5. The molecule has 3 aliphatic rings. The van der Waals surface area contributed by atoms with Gasteiger partial charge in [-0.3, -0.25) is 0 Å². The first-order valence-corrected chi connectivity index (χ1v) is 16.3. The molecule has 0 radical (unpaired) electrons. The summed E-state index contributed by atoms with van der Waals surface area (Å²) >= 11 is 12.6. The van der Waals surface area contributed by atoms with Gasteiger partial charge in [0, 0.05) is 19.3 Å². The van der Waals surface area contributed by atoms with Gasteiger partial charge in [0.25, 0.3) is 0 Å². The number of aliphatic hydroxyl groups excluding tert-OH is 2. The lowest BCUT2D eigenvalue weighted by molar-refractivity contribution is -0.103. The molecule has 3 saturated carbocycles. The largest absolute Gasteiger partial charge is 0.414 e. The van der Waals surface area contributed by atoms with Crippen LogP contribution in [-0.2, 0) is 4.43 Å². The van der Waals surface area contributed by atoms with Crippen molar-refractivity contribution in [2.75, 3.05) is 13.2 Å². The Labute approximate surface area is 207 Å². The van der Waals surface area contributed by atoms with Crippen molar-refractivity contribution in [2.45, 2.75) is 104 Å². The Morgan fingerprint density at radius 1 is 1.03 bits per heavy atom. The number of halogens is 2. The second kappa shape index (κ2) is 9.46. The van der Waals surface area contributed by atoms with Gasteiger partial charge in [-0.2, -0.15) is 0 Å².